The molecule has 0 aromatic rings. The van der Waals surface area contributed by atoms with Crippen molar-refractivity contribution in [1.29, 1.82) is 0 Å². The molecule has 2 nitrogen and oxygen atoms in total. The molecule has 1 saturated heterocycles. The van der Waals surface area contributed by atoms with Crippen molar-refractivity contribution in [2.75, 3.05) is 0 Å². The number of fused-ring (bicyclic) bond motifs is 2. The fourth-order valence-electron chi connectivity index (χ4n) is 1.63. The highest BCUT2D eigenvalue weighted by Gasteiger charge is 2.38. The summed E-state index contributed by atoms with van der Waals surface area (Å²) >= 11 is 0. The Kier molecular flexibility index (Phi) is 1.04. The van der Waals surface area contributed by atoms with Gasteiger partial charge in [-0.05, 0) is 6.92 Å². The molecule has 2 aliphatic rings. The molecule has 2 bridgehead atoms. The van der Waals surface area contributed by atoms with Crippen LogP contribution in [0.4, 0.5) is 0 Å². The summed E-state index contributed by atoms with van der Waals surface area (Å²) < 4.78 is 5.52. The molecule has 0 unspecified atom stereocenters. The van der Waals surface area contributed by atoms with Gasteiger partial charge >= 0.3 is 0 Å². The zero-order valence-corrected chi connectivity index (χ0v) is 5.96. The first-order valence-electron chi connectivity index (χ1n) is 3.57. The van der Waals surface area contributed by atoms with E-state index >= 15 is 0 Å². The van der Waals surface area contributed by atoms with Gasteiger partial charge in [0.05, 0.1) is 11.7 Å². The van der Waals surface area contributed by atoms with Gasteiger partial charge < -0.3 is 4.74 Å². The number of hydrogen-bond acceptors (Lipinski definition) is 2. The average molecular weight is 138 g/mol. The van der Waals surface area contributed by atoms with Gasteiger partial charge in [0, 0.05) is 12.8 Å². The first-order chi connectivity index (χ1) is 4.68. The van der Waals surface area contributed by atoms with Gasteiger partial charge in [-0.1, -0.05) is 12.2 Å². The van der Waals surface area contributed by atoms with Gasteiger partial charge in [-0.3, -0.25) is 4.79 Å². The standard InChI is InChI=1S/C8H10O2/c1-8-3-2-7(10-8)4-6(9)5-8/h2-3,7H,4-5H2,1H3/t7-,8-/m0/s1. The number of hydrogen-bond donors (Lipinski definition) is 0. The SMILES string of the molecule is C[C@]12C=C[C@@H](CC(=O)C1)O2. The molecule has 54 valence electrons. The second-order valence-electron chi connectivity index (χ2n) is 3.25. The first kappa shape index (κ1) is 6.10. The maximum absolute atomic E-state index is 11.0. The molecule has 0 aromatic carbocycles. The molecule has 10 heavy (non-hydrogen) atoms. The Morgan fingerprint density at radius 3 is 3.30 bits per heavy atom. The fraction of sp³-hybridized carbons (Fsp3) is 0.625. The van der Waals surface area contributed by atoms with Crippen LogP contribution in [0, 0.1) is 0 Å². The van der Waals surface area contributed by atoms with Crippen LogP contribution in [-0.4, -0.2) is 17.5 Å². The number of rotatable bonds is 0. The van der Waals surface area contributed by atoms with Crippen LogP contribution in [0.15, 0.2) is 12.2 Å². The lowest BCUT2D eigenvalue weighted by Crippen LogP contribution is -2.35. The molecule has 1 fully saturated rings. The van der Waals surface area contributed by atoms with E-state index in [1.54, 1.807) is 0 Å². The maximum atomic E-state index is 11.0. The maximum Gasteiger partial charge on any atom is 0.139 e. The Bertz CT molecular complexity index is 207. The molecule has 0 saturated carbocycles. The predicted molar refractivity (Wildman–Crippen MR) is 36.7 cm³/mol. The van der Waals surface area contributed by atoms with Crippen molar-refractivity contribution < 1.29 is 9.53 Å². The third-order valence-corrected chi connectivity index (χ3v) is 2.06. The molecule has 2 atom stereocenters. The van der Waals surface area contributed by atoms with Crippen molar-refractivity contribution in [2.45, 2.75) is 31.5 Å². The molecule has 2 heteroatoms. The highest BCUT2D eigenvalue weighted by atomic mass is 16.5. The number of ether oxygens (including phenoxy) is 1. The van der Waals surface area contributed by atoms with Crippen molar-refractivity contribution in [3.8, 4) is 0 Å². The summed E-state index contributed by atoms with van der Waals surface area (Å²) in [6, 6.07) is 0. The summed E-state index contributed by atoms with van der Waals surface area (Å²) in [5.74, 6) is 0.323. The van der Waals surface area contributed by atoms with E-state index in [9.17, 15) is 4.79 Å². The fourth-order valence-corrected chi connectivity index (χ4v) is 1.63. The summed E-state index contributed by atoms with van der Waals surface area (Å²) in [6.45, 7) is 1.96. The van der Waals surface area contributed by atoms with Crippen LogP contribution >= 0.6 is 0 Å². The first-order valence-corrected chi connectivity index (χ1v) is 3.57. The third kappa shape index (κ3) is 0.797. The second-order valence-corrected chi connectivity index (χ2v) is 3.25. The molecule has 2 aliphatic heterocycles. The molecular weight excluding hydrogens is 128 g/mol. The van der Waals surface area contributed by atoms with Crippen molar-refractivity contribution in [3.05, 3.63) is 12.2 Å². The zero-order chi connectivity index (χ0) is 7.19. The van der Waals surface area contributed by atoms with Gasteiger partial charge in [0.15, 0.2) is 0 Å². The Morgan fingerprint density at radius 1 is 1.80 bits per heavy atom. The monoisotopic (exact) mass is 138 g/mol. The number of Topliss-reactive ketones (excluding diaryl/α,β-unsaturated/α-hetero) is 1. The average Bonchev–Trinajstić information content (AvgIpc) is 2.06. The highest BCUT2D eigenvalue weighted by Crippen LogP contribution is 2.33. The summed E-state index contributed by atoms with van der Waals surface area (Å²) in [5.41, 5.74) is -0.264. The quantitative estimate of drug-likeness (QED) is 0.468. The van der Waals surface area contributed by atoms with Gasteiger partial charge in [0.2, 0.25) is 0 Å². The number of carbonyl (C=O) groups is 1. The lowest BCUT2D eigenvalue weighted by Gasteiger charge is -2.28. The Labute approximate surface area is 59.9 Å². The van der Waals surface area contributed by atoms with Crippen molar-refractivity contribution in [2.24, 2.45) is 0 Å². The van der Waals surface area contributed by atoms with E-state index in [1.165, 1.54) is 0 Å². The van der Waals surface area contributed by atoms with Crippen LogP contribution in [0.5, 0.6) is 0 Å². The molecule has 2 heterocycles. The lowest BCUT2D eigenvalue weighted by atomic mass is 9.97. The minimum absolute atomic E-state index is 0.0752. The van der Waals surface area contributed by atoms with E-state index in [2.05, 4.69) is 0 Å². The van der Waals surface area contributed by atoms with Crippen LogP contribution < -0.4 is 0 Å². The topological polar surface area (TPSA) is 26.3 Å². The Morgan fingerprint density at radius 2 is 2.60 bits per heavy atom. The second kappa shape index (κ2) is 1.70. The lowest BCUT2D eigenvalue weighted by molar-refractivity contribution is -0.135. The molecule has 0 aromatic heterocycles. The van der Waals surface area contributed by atoms with E-state index in [0.717, 1.165) is 0 Å². The molecular formula is C8H10O2. The van der Waals surface area contributed by atoms with Crippen molar-refractivity contribution >= 4 is 5.78 Å². The number of ketones is 1. The van der Waals surface area contributed by atoms with Gasteiger partial charge in [-0.15, -0.1) is 0 Å². The molecule has 0 amide bonds. The Hall–Kier alpha value is -0.630. The minimum atomic E-state index is -0.264. The molecule has 0 radical (unpaired) electrons. The summed E-state index contributed by atoms with van der Waals surface area (Å²) in [5, 5.41) is 0. The molecule has 0 N–H and O–H groups in total. The minimum Gasteiger partial charge on any atom is -0.363 e. The highest BCUT2D eigenvalue weighted by molar-refractivity contribution is 5.82. The van der Waals surface area contributed by atoms with Crippen LogP contribution in [0.2, 0.25) is 0 Å². The van der Waals surface area contributed by atoms with Crippen LogP contribution in [0.1, 0.15) is 19.8 Å². The normalized spacial score (nSPS) is 44.5. The van der Waals surface area contributed by atoms with Crippen LogP contribution in [-0.2, 0) is 9.53 Å². The number of carbonyl (C=O) groups excluding carboxylic acids is 1. The Balaban J connectivity index is 2.27. The van der Waals surface area contributed by atoms with Gasteiger partial charge in [0.1, 0.15) is 5.78 Å². The van der Waals surface area contributed by atoms with E-state index < -0.39 is 0 Å². The molecule has 2 rings (SSSR count). The van der Waals surface area contributed by atoms with Gasteiger partial charge in [-0.25, -0.2) is 0 Å². The van der Waals surface area contributed by atoms with Crippen molar-refractivity contribution in [3.63, 3.8) is 0 Å². The van der Waals surface area contributed by atoms with Gasteiger partial charge in [0.25, 0.3) is 0 Å². The summed E-state index contributed by atoms with van der Waals surface area (Å²) in [7, 11) is 0. The van der Waals surface area contributed by atoms with Crippen LogP contribution in [0.3, 0.4) is 0 Å². The smallest absolute Gasteiger partial charge is 0.139 e. The summed E-state index contributed by atoms with van der Waals surface area (Å²) in [4.78, 5) is 11.0. The largest absolute Gasteiger partial charge is 0.363 e. The zero-order valence-electron chi connectivity index (χ0n) is 5.96. The molecule has 0 aliphatic carbocycles. The van der Waals surface area contributed by atoms with Crippen LogP contribution in [0.25, 0.3) is 0 Å². The predicted octanol–water partition coefficient (Wildman–Crippen LogP) is 1.06. The summed E-state index contributed by atoms with van der Waals surface area (Å²) in [6.07, 6.45) is 5.20. The molecule has 0 spiro atoms. The van der Waals surface area contributed by atoms with Crippen molar-refractivity contribution in [1.82, 2.24) is 0 Å². The van der Waals surface area contributed by atoms with E-state index in [4.69, 9.17) is 4.74 Å². The van der Waals surface area contributed by atoms with E-state index in [0.29, 0.717) is 18.6 Å². The van der Waals surface area contributed by atoms with E-state index in [-0.39, 0.29) is 11.7 Å². The van der Waals surface area contributed by atoms with E-state index in [1.807, 2.05) is 19.1 Å². The van der Waals surface area contributed by atoms with Gasteiger partial charge in [-0.2, -0.15) is 0 Å². The third-order valence-electron chi connectivity index (χ3n) is 2.06.